The van der Waals surface area contributed by atoms with Crippen molar-refractivity contribution in [1.29, 1.82) is 0 Å². The van der Waals surface area contributed by atoms with Gasteiger partial charge in [0.1, 0.15) is 11.6 Å². The van der Waals surface area contributed by atoms with Crippen LogP contribution in [0.4, 0.5) is 4.39 Å². The van der Waals surface area contributed by atoms with Crippen LogP contribution in [-0.4, -0.2) is 35.2 Å². The van der Waals surface area contributed by atoms with E-state index in [-0.39, 0.29) is 17.3 Å². The molecule has 142 valence electrons. The minimum absolute atomic E-state index is 0.0339. The van der Waals surface area contributed by atoms with E-state index in [0.29, 0.717) is 42.0 Å². The van der Waals surface area contributed by atoms with E-state index in [1.807, 2.05) is 5.38 Å². The van der Waals surface area contributed by atoms with E-state index in [2.05, 4.69) is 4.98 Å². The Bertz CT molecular complexity index is 1050. The van der Waals surface area contributed by atoms with Gasteiger partial charge in [-0.05, 0) is 41.5 Å². The average molecular weight is 396 g/mol. The van der Waals surface area contributed by atoms with Gasteiger partial charge in [-0.2, -0.15) is 0 Å². The number of thiazole rings is 1. The molecule has 1 aromatic heterocycles. The zero-order valence-corrected chi connectivity index (χ0v) is 16.0. The minimum atomic E-state index is -0.502. The molecule has 0 atom stereocenters. The van der Waals surface area contributed by atoms with Crippen molar-refractivity contribution in [3.63, 3.8) is 0 Å². The number of hydrogen-bond donors (Lipinski definition) is 0. The Morgan fingerprint density at radius 2 is 2.11 bits per heavy atom. The summed E-state index contributed by atoms with van der Waals surface area (Å²) in [4.78, 5) is 30.4. The topological polar surface area (TPSA) is 59.5 Å². The van der Waals surface area contributed by atoms with E-state index in [0.717, 1.165) is 5.69 Å². The Balaban J connectivity index is 1.64. The molecule has 1 amide bonds. The fraction of sp³-hybridized carbons (Fsp3) is 0.190. The standard InChI is InChI=1S/C21H17FN2O3S/c1-24(10-17-11-28-12-23-17)21(26)15-6-14(7-16(22)8-15)13-2-3-18-19(25)4-5-27-20(18)9-13/h2-3,6-9,11-12H,4-5,10H2,1H3. The van der Waals surface area contributed by atoms with E-state index in [4.69, 9.17) is 4.74 Å². The third-order valence-corrected chi connectivity index (χ3v) is 5.21. The number of hydrogen-bond acceptors (Lipinski definition) is 5. The first kappa shape index (κ1) is 18.3. The van der Waals surface area contributed by atoms with Gasteiger partial charge in [0.25, 0.3) is 5.91 Å². The molecule has 3 aromatic rings. The fourth-order valence-electron chi connectivity index (χ4n) is 3.17. The van der Waals surface area contributed by atoms with E-state index in [9.17, 15) is 14.0 Å². The molecule has 0 bridgehead atoms. The first-order valence-electron chi connectivity index (χ1n) is 8.75. The molecule has 0 unspecified atom stereocenters. The summed E-state index contributed by atoms with van der Waals surface area (Å²) in [5, 5.41) is 1.87. The number of halogens is 1. The molecule has 0 fully saturated rings. The Hall–Kier alpha value is -3.06. The average Bonchev–Trinajstić information content (AvgIpc) is 3.20. The van der Waals surface area contributed by atoms with Gasteiger partial charge in [-0.25, -0.2) is 9.37 Å². The number of amides is 1. The van der Waals surface area contributed by atoms with Crippen molar-refractivity contribution in [2.75, 3.05) is 13.7 Å². The van der Waals surface area contributed by atoms with Gasteiger partial charge in [0.15, 0.2) is 5.78 Å². The molecule has 0 aliphatic carbocycles. The number of Topliss-reactive ketones (excluding diaryl/α,β-unsaturated/α-hetero) is 1. The molecule has 0 spiro atoms. The maximum absolute atomic E-state index is 14.2. The minimum Gasteiger partial charge on any atom is -0.492 e. The molecule has 0 N–H and O–H groups in total. The summed E-state index contributed by atoms with van der Waals surface area (Å²) in [6.07, 6.45) is 0.357. The van der Waals surface area contributed by atoms with Crippen molar-refractivity contribution in [1.82, 2.24) is 9.88 Å². The van der Waals surface area contributed by atoms with Crippen molar-refractivity contribution >= 4 is 23.0 Å². The molecule has 0 radical (unpaired) electrons. The number of rotatable bonds is 4. The number of carbonyl (C=O) groups excluding carboxylic acids is 2. The van der Waals surface area contributed by atoms with Gasteiger partial charge in [-0.15, -0.1) is 11.3 Å². The highest BCUT2D eigenvalue weighted by Crippen LogP contribution is 2.31. The molecular weight excluding hydrogens is 379 g/mol. The summed E-state index contributed by atoms with van der Waals surface area (Å²) in [6.45, 7) is 0.687. The predicted octanol–water partition coefficient (Wildman–Crippen LogP) is 4.19. The summed E-state index contributed by atoms with van der Waals surface area (Å²) >= 11 is 1.46. The normalized spacial score (nSPS) is 13.0. The van der Waals surface area contributed by atoms with Gasteiger partial charge in [-0.3, -0.25) is 9.59 Å². The fourth-order valence-corrected chi connectivity index (χ4v) is 3.72. The van der Waals surface area contributed by atoms with Crippen LogP contribution >= 0.6 is 11.3 Å². The zero-order chi connectivity index (χ0) is 19.7. The van der Waals surface area contributed by atoms with E-state index in [1.54, 1.807) is 36.8 Å². The Kier molecular flexibility index (Phi) is 4.92. The van der Waals surface area contributed by atoms with Gasteiger partial charge < -0.3 is 9.64 Å². The highest BCUT2D eigenvalue weighted by atomic mass is 32.1. The smallest absolute Gasteiger partial charge is 0.254 e. The number of carbonyl (C=O) groups is 2. The molecule has 4 rings (SSSR count). The van der Waals surface area contributed by atoms with Gasteiger partial charge in [-0.1, -0.05) is 6.07 Å². The Morgan fingerprint density at radius 3 is 2.89 bits per heavy atom. The van der Waals surface area contributed by atoms with Crippen molar-refractivity contribution in [3.8, 4) is 16.9 Å². The molecule has 1 aliphatic rings. The summed E-state index contributed by atoms with van der Waals surface area (Å²) < 4.78 is 19.8. The second kappa shape index (κ2) is 7.52. The summed E-state index contributed by atoms with van der Waals surface area (Å²) in [5.41, 5.74) is 4.51. The quantitative estimate of drug-likeness (QED) is 0.664. The molecule has 1 aliphatic heterocycles. The van der Waals surface area contributed by atoms with Crippen LogP contribution in [0.5, 0.6) is 5.75 Å². The highest BCUT2D eigenvalue weighted by Gasteiger charge is 2.20. The zero-order valence-electron chi connectivity index (χ0n) is 15.1. The SMILES string of the molecule is CN(Cc1cscn1)C(=O)c1cc(F)cc(-c2ccc3c(c2)OCCC3=O)c1. The Labute approximate surface area is 165 Å². The van der Waals surface area contributed by atoms with Crippen LogP contribution in [0.25, 0.3) is 11.1 Å². The second-order valence-electron chi connectivity index (χ2n) is 6.60. The Morgan fingerprint density at radius 1 is 1.25 bits per heavy atom. The van der Waals surface area contributed by atoms with Crippen LogP contribution in [0.1, 0.15) is 32.8 Å². The molecule has 28 heavy (non-hydrogen) atoms. The van der Waals surface area contributed by atoms with Crippen molar-refractivity contribution in [2.45, 2.75) is 13.0 Å². The molecule has 2 aromatic carbocycles. The van der Waals surface area contributed by atoms with E-state index >= 15 is 0 Å². The third-order valence-electron chi connectivity index (χ3n) is 4.58. The second-order valence-corrected chi connectivity index (χ2v) is 7.32. The molecule has 5 nitrogen and oxygen atoms in total. The van der Waals surface area contributed by atoms with Crippen LogP contribution in [-0.2, 0) is 6.54 Å². The van der Waals surface area contributed by atoms with E-state index in [1.165, 1.54) is 28.4 Å². The van der Waals surface area contributed by atoms with Crippen LogP contribution in [0.2, 0.25) is 0 Å². The van der Waals surface area contributed by atoms with Gasteiger partial charge in [0.05, 0.1) is 29.9 Å². The predicted molar refractivity (Wildman–Crippen MR) is 104 cm³/mol. The summed E-state index contributed by atoms with van der Waals surface area (Å²) in [5.74, 6) is -0.270. The number of aromatic nitrogens is 1. The first-order valence-corrected chi connectivity index (χ1v) is 9.69. The number of ether oxygens (including phenoxy) is 1. The molecule has 2 heterocycles. The highest BCUT2D eigenvalue weighted by molar-refractivity contribution is 7.07. The molecule has 0 saturated heterocycles. The number of fused-ring (bicyclic) bond motifs is 1. The van der Waals surface area contributed by atoms with Crippen molar-refractivity contribution < 1.29 is 18.7 Å². The van der Waals surface area contributed by atoms with Crippen LogP contribution in [0.3, 0.4) is 0 Å². The summed E-state index contributed by atoms with van der Waals surface area (Å²) in [6, 6.07) is 9.38. The number of ketones is 1. The molecule has 7 heteroatoms. The van der Waals surface area contributed by atoms with Crippen molar-refractivity contribution in [3.05, 3.63) is 69.9 Å². The lowest BCUT2D eigenvalue weighted by atomic mass is 9.97. The largest absolute Gasteiger partial charge is 0.492 e. The molecular formula is C21H17FN2O3S. The molecule has 0 saturated carbocycles. The summed E-state index contributed by atoms with van der Waals surface area (Å²) in [7, 11) is 1.66. The maximum Gasteiger partial charge on any atom is 0.254 e. The van der Waals surface area contributed by atoms with Gasteiger partial charge in [0.2, 0.25) is 0 Å². The lowest BCUT2D eigenvalue weighted by molar-refractivity contribution is 0.0783. The van der Waals surface area contributed by atoms with Crippen LogP contribution < -0.4 is 4.74 Å². The maximum atomic E-state index is 14.2. The van der Waals surface area contributed by atoms with E-state index < -0.39 is 5.82 Å². The third kappa shape index (κ3) is 3.66. The van der Waals surface area contributed by atoms with Gasteiger partial charge >= 0.3 is 0 Å². The monoisotopic (exact) mass is 396 g/mol. The van der Waals surface area contributed by atoms with Crippen molar-refractivity contribution in [2.24, 2.45) is 0 Å². The lowest BCUT2D eigenvalue weighted by Crippen LogP contribution is -2.26. The number of benzene rings is 2. The number of nitrogens with zero attached hydrogens (tertiary/aromatic N) is 2. The van der Waals surface area contributed by atoms with Gasteiger partial charge in [0, 0.05) is 24.4 Å². The first-order chi connectivity index (χ1) is 13.5. The van der Waals surface area contributed by atoms with Crippen LogP contribution in [0, 0.1) is 5.82 Å². The van der Waals surface area contributed by atoms with Crippen LogP contribution in [0.15, 0.2) is 47.3 Å². The lowest BCUT2D eigenvalue weighted by Gasteiger charge is -2.18.